The summed E-state index contributed by atoms with van der Waals surface area (Å²) in [4.78, 5) is 24.2. The molecule has 2 N–H and O–H groups in total. The maximum absolute atomic E-state index is 11.7. The Bertz CT molecular complexity index is 248. The minimum atomic E-state index is -0.736. The van der Waals surface area contributed by atoms with Crippen LogP contribution in [0.4, 0.5) is 0 Å². The molecule has 1 amide bonds. The zero-order valence-electron chi connectivity index (χ0n) is 9.74. The van der Waals surface area contributed by atoms with Crippen LogP contribution in [0.1, 0.15) is 26.2 Å². The van der Waals surface area contributed by atoms with Gasteiger partial charge in [-0.15, -0.1) is 0 Å². The number of carbonyl (C=O) groups excluding carboxylic acids is 1. The number of hydrogen-bond donors (Lipinski definition) is 2. The van der Waals surface area contributed by atoms with Crippen molar-refractivity contribution in [1.82, 2.24) is 10.2 Å². The third-order valence-corrected chi connectivity index (χ3v) is 2.96. The monoisotopic (exact) mass is 228 g/mol. The van der Waals surface area contributed by atoms with Crippen LogP contribution in [0.15, 0.2) is 0 Å². The number of carboxylic acids is 1. The van der Waals surface area contributed by atoms with E-state index in [4.69, 9.17) is 5.11 Å². The van der Waals surface area contributed by atoms with Crippen LogP contribution in [0.25, 0.3) is 0 Å². The molecule has 1 fully saturated rings. The molecule has 0 spiro atoms. The van der Waals surface area contributed by atoms with E-state index in [-0.39, 0.29) is 11.8 Å². The number of nitrogens with zero attached hydrogens (tertiary/aromatic N) is 1. The fourth-order valence-electron chi connectivity index (χ4n) is 1.91. The molecular formula is C11H20N2O3. The zero-order valence-corrected chi connectivity index (χ0v) is 9.74. The molecule has 1 saturated heterocycles. The Morgan fingerprint density at radius 2 is 2.00 bits per heavy atom. The van der Waals surface area contributed by atoms with Crippen molar-refractivity contribution in [2.24, 2.45) is 5.92 Å². The summed E-state index contributed by atoms with van der Waals surface area (Å²) in [6, 6.07) is 0. The normalized spacial score (nSPS) is 17.4. The molecule has 0 bridgehead atoms. The summed E-state index contributed by atoms with van der Waals surface area (Å²) in [6.45, 7) is 4.75. The van der Waals surface area contributed by atoms with E-state index >= 15 is 0 Å². The van der Waals surface area contributed by atoms with Crippen LogP contribution in [0.2, 0.25) is 0 Å². The molecule has 0 atom stereocenters. The number of amides is 1. The molecule has 5 nitrogen and oxygen atoms in total. The molecule has 1 aliphatic rings. The molecule has 1 aliphatic heterocycles. The first kappa shape index (κ1) is 13.0. The standard InChI is InChI=1S/C11H20N2O3/c1-2-12-6-3-10(14)13-7-4-9(5-8-13)11(15)16/h9,12H,2-8H2,1H3,(H,15,16). The number of rotatable bonds is 5. The van der Waals surface area contributed by atoms with Crippen LogP contribution in [0, 0.1) is 5.92 Å². The first-order valence-electron chi connectivity index (χ1n) is 5.86. The summed E-state index contributed by atoms with van der Waals surface area (Å²) in [5.74, 6) is -0.873. The molecule has 0 aromatic rings. The van der Waals surface area contributed by atoms with Gasteiger partial charge >= 0.3 is 5.97 Å². The van der Waals surface area contributed by atoms with Crippen LogP contribution in [-0.4, -0.2) is 48.1 Å². The fourth-order valence-corrected chi connectivity index (χ4v) is 1.91. The number of aliphatic carboxylic acids is 1. The van der Waals surface area contributed by atoms with Crippen LogP contribution in [0.3, 0.4) is 0 Å². The summed E-state index contributed by atoms with van der Waals surface area (Å²) in [7, 11) is 0. The van der Waals surface area contributed by atoms with Gasteiger partial charge in [-0.1, -0.05) is 6.92 Å². The van der Waals surface area contributed by atoms with Crippen molar-refractivity contribution in [2.75, 3.05) is 26.2 Å². The number of piperidine rings is 1. The third-order valence-electron chi connectivity index (χ3n) is 2.96. The predicted octanol–water partition coefficient (Wildman–Crippen LogP) is 0.309. The van der Waals surface area contributed by atoms with Gasteiger partial charge in [0.05, 0.1) is 5.92 Å². The smallest absolute Gasteiger partial charge is 0.306 e. The highest BCUT2D eigenvalue weighted by Gasteiger charge is 2.26. The lowest BCUT2D eigenvalue weighted by atomic mass is 9.97. The van der Waals surface area contributed by atoms with E-state index in [1.54, 1.807) is 4.90 Å². The van der Waals surface area contributed by atoms with E-state index in [0.29, 0.717) is 38.9 Å². The van der Waals surface area contributed by atoms with Gasteiger partial charge in [0.1, 0.15) is 0 Å². The van der Waals surface area contributed by atoms with Crippen LogP contribution in [-0.2, 0) is 9.59 Å². The van der Waals surface area contributed by atoms with Gasteiger partial charge in [0.15, 0.2) is 0 Å². The van der Waals surface area contributed by atoms with Crippen molar-refractivity contribution in [1.29, 1.82) is 0 Å². The average molecular weight is 228 g/mol. The van der Waals surface area contributed by atoms with Gasteiger partial charge in [0.2, 0.25) is 5.91 Å². The van der Waals surface area contributed by atoms with E-state index in [1.807, 2.05) is 6.92 Å². The summed E-state index contributed by atoms with van der Waals surface area (Å²) in [5, 5.41) is 11.9. The molecule has 0 aliphatic carbocycles. The van der Waals surface area contributed by atoms with Crippen LogP contribution < -0.4 is 5.32 Å². The Labute approximate surface area is 95.8 Å². The molecule has 1 heterocycles. The lowest BCUT2D eigenvalue weighted by Crippen LogP contribution is -2.41. The number of hydrogen-bond acceptors (Lipinski definition) is 3. The van der Waals surface area contributed by atoms with E-state index in [9.17, 15) is 9.59 Å². The van der Waals surface area contributed by atoms with Crippen LogP contribution >= 0.6 is 0 Å². The van der Waals surface area contributed by atoms with Crippen molar-refractivity contribution < 1.29 is 14.7 Å². The SMILES string of the molecule is CCNCCC(=O)N1CCC(C(=O)O)CC1. The third kappa shape index (κ3) is 3.81. The Morgan fingerprint density at radius 3 is 2.50 bits per heavy atom. The topological polar surface area (TPSA) is 69.6 Å². The van der Waals surface area contributed by atoms with Gasteiger partial charge < -0.3 is 15.3 Å². The summed E-state index contributed by atoms with van der Waals surface area (Å²) in [6.07, 6.45) is 1.68. The van der Waals surface area contributed by atoms with Crippen molar-refractivity contribution in [3.63, 3.8) is 0 Å². The largest absolute Gasteiger partial charge is 0.481 e. The van der Waals surface area contributed by atoms with Gasteiger partial charge in [0.25, 0.3) is 0 Å². The van der Waals surface area contributed by atoms with E-state index in [0.717, 1.165) is 6.54 Å². The number of nitrogens with one attached hydrogen (secondary N) is 1. The van der Waals surface area contributed by atoms with Crippen molar-refractivity contribution in [2.45, 2.75) is 26.2 Å². The lowest BCUT2D eigenvalue weighted by Gasteiger charge is -2.30. The van der Waals surface area contributed by atoms with Gasteiger partial charge in [-0.05, 0) is 19.4 Å². The highest BCUT2D eigenvalue weighted by atomic mass is 16.4. The Kier molecular flexibility index (Phi) is 5.25. The van der Waals surface area contributed by atoms with Gasteiger partial charge in [-0.25, -0.2) is 0 Å². The summed E-state index contributed by atoms with van der Waals surface area (Å²) in [5.41, 5.74) is 0. The van der Waals surface area contributed by atoms with Crippen molar-refractivity contribution in [3.05, 3.63) is 0 Å². The maximum atomic E-state index is 11.7. The predicted molar refractivity (Wildman–Crippen MR) is 60.1 cm³/mol. The maximum Gasteiger partial charge on any atom is 0.306 e. The van der Waals surface area contributed by atoms with Crippen molar-refractivity contribution >= 4 is 11.9 Å². The first-order valence-corrected chi connectivity index (χ1v) is 5.86. The first-order chi connectivity index (χ1) is 7.65. The molecule has 5 heteroatoms. The van der Waals surface area contributed by atoms with Gasteiger partial charge in [-0.3, -0.25) is 9.59 Å². The average Bonchev–Trinajstić information content (AvgIpc) is 2.29. The van der Waals surface area contributed by atoms with E-state index in [2.05, 4.69) is 5.32 Å². The second kappa shape index (κ2) is 6.48. The summed E-state index contributed by atoms with van der Waals surface area (Å²) < 4.78 is 0. The number of carboxylic acid groups (broad SMARTS) is 1. The molecule has 0 aromatic heterocycles. The summed E-state index contributed by atoms with van der Waals surface area (Å²) >= 11 is 0. The molecule has 92 valence electrons. The minimum Gasteiger partial charge on any atom is -0.481 e. The molecule has 1 rings (SSSR count). The molecule has 0 aromatic carbocycles. The van der Waals surface area contributed by atoms with Crippen LogP contribution in [0.5, 0.6) is 0 Å². The zero-order chi connectivity index (χ0) is 12.0. The Balaban J connectivity index is 2.25. The second-order valence-electron chi connectivity index (χ2n) is 4.10. The quantitative estimate of drug-likeness (QED) is 0.664. The fraction of sp³-hybridized carbons (Fsp3) is 0.818. The highest BCUT2D eigenvalue weighted by Crippen LogP contribution is 2.17. The van der Waals surface area contributed by atoms with Gasteiger partial charge in [0, 0.05) is 26.1 Å². The molecule has 0 unspecified atom stereocenters. The lowest BCUT2D eigenvalue weighted by molar-refractivity contribution is -0.145. The number of likely N-dealkylation sites (tertiary alicyclic amines) is 1. The molecule has 0 radical (unpaired) electrons. The number of carbonyl (C=O) groups is 2. The molecule has 16 heavy (non-hydrogen) atoms. The second-order valence-corrected chi connectivity index (χ2v) is 4.10. The van der Waals surface area contributed by atoms with E-state index in [1.165, 1.54) is 0 Å². The van der Waals surface area contributed by atoms with Gasteiger partial charge in [-0.2, -0.15) is 0 Å². The van der Waals surface area contributed by atoms with Crippen molar-refractivity contribution in [3.8, 4) is 0 Å². The molecular weight excluding hydrogens is 208 g/mol. The Morgan fingerprint density at radius 1 is 1.38 bits per heavy atom. The minimum absolute atomic E-state index is 0.129. The van der Waals surface area contributed by atoms with E-state index < -0.39 is 5.97 Å². The highest BCUT2D eigenvalue weighted by molar-refractivity contribution is 5.77. The molecule has 0 saturated carbocycles. The Hall–Kier alpha value is -1.10.